The summed E-state index contributed by atoms with van der Waals surface area (Å²) in [6, 6.07) is 0.832. The highest BCUT2D eigenvalue weighted by atomic mass is 19.1. The quantitative estimate of drug-likeness (QED) is 0.703. The molecule has 2 aliphatic rings. The van der Waals surface area contributed by atoms with Crippen molar-refractivity contribution in [1.82, 2.24) is 15.5 Å². The van der Waals surface area contributed by atoms with Gasteiger partial charge in [-0.15, -0.1) is 0 Å². The third-order valence-corrected chi connectivity index (χ3v) is 4.11. The van der Waals surface area contributed by atoms with Crippen LogP contribution in [-0.4, -0.2) is 49.5 Å². The Balaban J connectivity index is 1.90. The molecule has 1 aliphatic carbocycles. The lowest BCUT2D eigenvalue weighted by molar-refractivity contribution is 0.135. The highest BCUT2D eigenvalue weighted by molar-refractivity contribution is 5.07. The molecule has 2 rings (SSSR count). The highest BCUT2D eigenvalue weighted by Crippen LogP contribution is 2.45. The molecule has 1 saturated heterocycles. The Kier molecular flexibility index (Phi) is 3.52. The second-order valence-corrected chi connectivity index (χ2v) is 5.63. The van der Waals surface area contributed by atoms with Crippen LogP contribution in [0.2, 0.25) is 0 Å². The molecule has 1 saturated carbocycles. The molecule has 3 unspecified atom stereocenters. The van der Waals surface area contributed by atoms with E-state index in [4.69, 9.17) is 0 Å². The van der Waals surface area contributed by atoms with Crippen molar-refractivity contribution in [2.45, 2.75) is 44.4 Å². The van der Waals surface area contributed by atoms with Gasteiger partial charge in [-0.1, -0.05) is 0 Å². The van der Waals surface area contributed by atoms with E-state index in [-0.39, 0.29) is 5.92 Å². The molecular weight excluding hydrogens is 205 g/mol. The van der Waals surface area contributed by atoms with Gasteiger partial charge in [0.25, 0.3) is 0 Å². The Labute approximate surface area is 97.8 Å². The maximum atomic E-state index is 14.7. The molecule has 16 heavy (non-hydrogen) atoms. The van der Waals surface area contributed by atoms with Crippen LogP contribution >= 0.6 is 0 Å². The van der Waals surface area contributed by atoms with E-state index in [9.17, 15) is 4.39 Å². The Hall–Kier alpha value is -0.190. The van der Waals surface area contributed by atoms with Crippen molar-refractivity contribution >= 4 is 0 Å². The fraction of sp³-hybridized carbons (Fsp3) is 1.00. The molecule has 1 heterocycles. The fourth-order valence-corrected chi connectivity index (χ4v) is 3.13. The van der Waals surface area contributed by atoms with Gasteiger partial charge in [0.15, 0.2) is 0 Å². The van der Waals surface area contributed by atoms with Crippen molar-refractivity contribution in [2.24, 2.45) is 5.92 Å². The van der Waals surface area contributed by atoms with E-state index >= 15 is 0 Å². The molecule has 0 aromatic carbocycles. The van der Waals surface area contributed by atoms with Gasteiger partial charge in [0.1, 0.15) is 5.67 Å². The van der Waals surface area contributed by atoms with E-state index in [0.29, 0.717) is 25.0 Å². The highest BCUT2D eigenvalue weighted by Gasteiger charge is 2.53. The maximum absolute atomic E-state index is 14.7. The van der Waals surface area contributed by atoms with E-state index < -0.39 is 5.67 Å². The van der Waals surface area contributed by atoms with Gasteiger partial charge in [-0.05, 0) is 33.7 Å². The van der Waals surface area contributed by atoms with Crippen molar-refractivity contribution in [2.75, 3.05) is 26.8 Å². The minimum atomic E-state index is -0.935. The summed E-state index contributed by atoms with van der Waals surface area (Å²) >= 11 is 0. The zero-order valence-corrected chi connectivity index (χ0v) is 10.6. The first-order chi connectivity index (χ1) is 7.55. The van der Waals surface area contributed by atoms with Gasteiger partial charge < -0.3 is 10.6 Å². The molecule has 3 atom stereocenters. The zero-order valence-electron chi connectivity index (χ0n) is 10.6. The van der Waals surface area contributed by atoms with Crippen LogP contribution in [0, 0.1) is 5.92 Å². The van der Waals surface area contributed by atoms with Crippen LogP contribution in [0.25, 0.3) is 0 Å². The lowest BCUT2D eigenvalue weighted by atomic mass is 9.97. The normalized spacial score (nSPS) is 39.6. The summed E-state index contributed by atoms with van der Waals surface area (Å²) in [7, 11) is 1.91. The van der Waals surface area contributed by atoms with Gasteiger partial charge >= 0.3 is 0 Å². The van der Waals surface area contributed by atoms with E-state index in [1.165, 1.54) is 0 Å². The zero-order chi connectivity index (χ0) is 11.8. The van der Waals surface area contributed by atoms with Crippen molar-refractivity contribution in [1.29, 1.82) is 0 Å². The van der Waals surface area contributed by atoms with Crippen molar-refractivity contribution in [3.63, 3.8) is 0 Å². The molecule has 2 N–H and O–H groups in total. The van der Waals surface area contributed by atoms with Crippen LogP contribution in [-0.2, 0) is 0 Å². The van der Waals surface area contributed by atoms with E-state index in [1.54, 1.807) is 0 Å². The molecule has 0 radical (unpaired) electrons. The number of fused-ring (bicyclic) bond motifs is 1. The number of hydrogen-bond acceptors (Lipinski definition) is 3. The van der Waals surface area contributed by atoms with E-state index in [1.807, 2.05) is 7.05 Å². The summed E-state index contributed by atoms with van der Waals surface area (Å²) in [6.07, 6.45) is 1.67. The summed E-state index contributed by atoms with van der Waals surface area (Å²) in [5, 5.41) is 6.42. The SMILES string of the molecule is CNCNC1CC2CN(C(C)C)CC2(F)C1. The maximum Gasteiger partial charge on any atom is 0.129 e. The molecule has 2 fully saturated rings. The predicted molar refractivity (Wildman–Crippen MR) is 64.1 cm³/mol. The summed E-state index contributed by atoms with van der Waals surface area (Å²) in [6.45, 7) is 6.66. The monoisotopic (exact) mass is 229 g/mol. The lowest BCUT2D eigenvalue weighted by Gasteiger charge is -2.24. The molecule has 0 spiro atoms. The van der Waals surface area contributed by atoms with Crippen molar-refractivity contribution in [3.8, 4) is 0 Å². The predicted octanol–water partition coefficient (Wildman–Crippen LogP) is 0.964. The number of rotatable bonds is 4. The molecule has 94 valence electrons. The van der Waals surface area contributed by atoms with Gasteiger partial charge in [-0.25, -0.2) is 4.39 Å². The largest absolute Gasteiger partial charge is 0.308 e. The van der Waals surface area contributed by atoms with Crippen LogP contribution in [0.5, 0.6) is 0 Å². The van der Waals surface area contributed by atoms with Gasteiger partial charge in [-0.3, -0.25) is 4.90 Å². The first-order valence-electron chi connectivity index (χ1n) is 6.36. The Bertz CT molecular complexity index is 246. The van der Waals surface area contributed by atoms with Crippen LogP contribution in [0.3, 0.4) is 0 Å². The number of likely N-dealkylation sites (tertiary alicyclic amines) is 1. The average molecular weight is 229 g/mol. The molecule has 0 aromatic rings. The lowest BCUT2D eigenvalue weighted by Crippen LogP contribution is -2.38. The Morgan fingerprint density at radius 1 is 1.50 bits per heavy atom. The Morgan fingerprint density at radius 2 is 2.25 bits per heavy atom. The van der Waals surface area contributed by atoms with Gasteiger partial charge in [0, 0.05) is 37.8 Å². The number of hydrogen-bond donors (Lipinski definition) is 2. The molecule has 3 nitrogen and oxygen atoms in total. The first kappa shape index (κ1) is 12.3. The third-order valence-electron chi connectivity index (χ3n) is 4.11. The third kappa shape index (κ3) is 2.24. The topological polar surface area (TPSA) is 27.3 Å². The molecule has 0 bridgehead atoms. The van der Waals surface area contributed by atoms with Gasteiger partial charge in [0.05, 0.1) is 0 Å². The van der Waals surface area contributed by atoms with Crippen molar-refractivity contribution in [3.05, 3.63) is 0 Å². The Morgan fingerprint density at radius 3 is 2.81 bits per heavy atom. The van der Waals surface area contributed by atoms with Gasteiger partial charge in [0.2, 0.25) is 0 Å². The molecule has 0 amide bonds. The van der Waals surface area contributed by atoms with E-state index in [0.717, 1.165) is 19.6 Å². The standard InChI is InChI=1S/C12H24FN3/c1-9(2)16-6-10-4-11(15-8-14-3)5-12(10,13)7-16/h9-11,14-15H,4-8H2,1-3H3. The number of halogens is 1. The van der Waals surface area contributed by atoms with Crippen LogP contribution in [0.4, 0.5) is 4.39 Å². The second-order valence-electron chi connectivity index (χ2n) is 5.63. The summed E-state index contributed by atoms with van der Waals surface area (Å²) in [4.78, 5) is 2.28. The summed E-state index contributed by atoms with van der Waals surface area (Å²) in [5.74, 6) is 0.240. The van der Waals surface area contributed by atoms with Crippen LogP contribution < -0.4 is 10.6 Å². The van der Waals surface area contributed by atoms with Crippen LogP contribution in [0.15, 0.2) is 0 Å². The first-order valence-corrected chi connectivity index (χ1v) is 6.36. The smallest absolute Gasteiger partial charge is 0.129 e. The molecule has 1 aliphatic heterocycles. The summed E-state index contributed by atoms with van der Waals surface area (Å²) in [5.41, 5.74) is -0.935. The average Bonchev–Trinajstić information content (AvgIpc) is 2.66. The number of nitrogens with zero attached hydrogens (tertiary/aromatic N) is 1. The second kappa shape index (κ2) is 4.59. The molecular formula is C12H24FN3. The fourth-order valence-electron chi connectivity index (χ4n) is 3.13. The van der Waals surface area contributed by atoms with Gasteiger partial charge in [-0.2, -0.15) is 0 Å². The van der Waals surface area contributed by atoms with Crippen molar-refractivity contribution < 1.29 is 4.39 Å². The number of nitrogens with one attached hydrogen (secondary N) is 2. The minimum Gasteiger partial charge on any atom is -0.308 e. The van der Waals surface area contributed by atoms with Crippen LogP contribution in [0.1, 0.15) is 26.7 Å². The number of alkyl halides is 1. The molecule has 0 aromatic heterocycles. The molecule has 4 heteroatoms. The van der Waals surface area contributed by atoms with E-state index in [2.05, 4.69) is 29.4 Å². The minimum absolute atomic E-state index is 0.240. The summed E-state index contributed by atoms with van der Waals surface area (Å²) < 4.78 is 14.7.